The zero-order chi connectivity index (χ0) is 12.3. The van der Waals surface area contributed by atoms with Crippen LogP contribution in [0.3, 0.4) is 0 Å². The van der Waals surface area contributed by atoms with Gasteiger partial charge < -0.3 is 0 Å². The number of hydrogen-bond donors (Lipinski definition) is 0. The minimum Gasteiger partial charge on any atom is -0.114 e. The molecule has 0 spiro atoms. The Morgan fingerprint density at radius 2 is 1.76 bits per heavy atom. The highest BCUT2D eigenvalue weighted by molar-refractivity contribution is 9.10. The molecule has 0 aliphatic rings. The number of benzene rings is 2. The molecule has 2 rings (SSSR count). The maximum atomic E-state index is 6.65. The molecule has 0 aliphatic carbocycles. The van der Waals surface area contributed by atoms with Crippen LogP contribution in [-0.4, -0.2) is 0 Å². The van der Waals surface area contributed by atoms with Crippen LogP contribution in [0.25, 0.3) is 0 Å². The van der Waals surface area contributed by atoms with E-state index in [0.29, 0.717) is 0 Å². The molecule has 0 unspecified atom stereocenters. The first-order valence-corrected chi connectivity index (χ1v) is 6.74. The van der Waals surface area contributed by atoms with Gasteiger partial charge in [0.15, 0.2) is 0 Å². The van der Waals surface area contributed by atoms with Crippen molar-refractivity contribution < 1.29 is 0 Å². The lowest BCUT2D eigenvalue weighted by Crippen LogP contribution is -2.17. The highest BCUT2D eigenvalue weighted by Crippen LogP contribution is 2.33. The largest absolute Gasteiger partial charge is 0.114 e. The Morgan fingerprint density at radius 1 is 1.06 bits per heavy atom. The molecule has 1 atom stereocenters. The van der Waals surface area contributed by atoms with Crippen LogP contribution in [0.2, 0.25) is 0 Å². The van der Waals surface area contributed by atoms with Gasteiger partial charge in [0.1, 0.15) is 0 Å². The van der Waals surface area contributed by atoms with E-state index in [9.17, 15) is 0 Å². The fourth-order valence-corrected chi connectivity index (χ4v) is 2.57. The van der Waals surface area contributed by atoms with E-state index in [1.54, 1.807) is 0 Å². The molecule has 0 nitrogen and oxygen atoms in total. The summed E-state index contributed by atoms with van der Waals surface area (Å²) in [6, 6.07) is 18.5. The van der Waals surface area contributed by atoms with E-state index in [-0.39, 0.29) is 4.87 Å². The van der Waals surface area contributed by atoms with Crippen molar-refractivity contribution in [2.75, 3.05) is 0 Å². The van der Waals surface area contributed by atoms with Crippen LogP contribution < -0.4 is 0 Å². The minimum atomic E-state index is -0.370. The number of halogens is 2. The van der Waals surface area contributed by atoms with Gasteiger partial charge in [0, 0.05) is 4.47 Å². The molecule has 0 radical (unpaired) electrons. The summed E-state index contributed by atoms with van der Waals surface area (Å²) >= 11 is 10.1. The molecule has 0 aliphatic heterocycles. The average Bonchev–Trinajstić information content (AvgIpc) is 2.30. The Labute approximate surface area is 116 Å². The first-order valence-electron chi connectivity index (χ1n) is 5.57. The van der Waals surface area contributed by atoms with E-state index >= 15 is 0 Å². The van der Waals surface area contributed by atoms with E-state index < -0.39 is 0 Å². The van der Waals surface area contributed by atoms with Crippen LogP contribution in [0.1, 0.15) is 18.1 Å². The van der Waals surface area contributed by atoms with Crippen molar-refractivity contribution in [3.05, 3.63) is 70.2 Å². The van der Waals surface area contributed by atoms with Crippen LogP contribution in [0.4, 0.5) is 0 Å². The van der Waals surface area contributed by atoms with Crippen LogP contribution in [-0.2, 0) is 11.3 Å². The normalized spacial score (nSPS) is 14.3. The van der Waals surface area contributed by atoms with Gasteiger partial charge in [-0.3, -0.25) is 0 Å². The highest BCUT2D eigenvalue weighted by Gasteiger charge is 2.23. The monoisotopic (exact) mass is 308 g/mol. The zero-order valence-corrected chi connectivity index (χ0v) is 12.0. The molecule has 17 heavy (non-hydrogen) atoms. The molecule has 0 N–H and O–H groups in total. The van der Waals surface area contributed by atoms with Gasteiger partial charge in [0.25, 0.3) is 0 Å². The van der Waals surface area contributed by atoms with Crippen LogP contribution in [0, 0.1) is 0 Å². The molecular weight excluding hydrogens is 296 g/mol. The number of alkyl halides is 1. The smallest absolute Gasteiger partial charge is 0.0707 e. The predicted molar refractivity (Wildman–Crippen MR) is 77.5 cm³/mol. The second-order valence-corrected chi connectivity index (χ2v) is 6.12. The lowest BCUT2D eigenvalue weighted by Gasteiger charge is -2.23. The van der Waals surface area contributed by atoms with Gasteiger partial charge in [-0.25, -0.2) is 0 Å². The van der Waals surface area contributed by atoms with E-state index in [1.807, 2.05) is 30.3 Å². The van der Waals surface area contributed by atoms with E-state index in [4.69, 9.17) is 11.6 Å². The third-order valence-electron chi connectivity index (χ3n) is 2.81. The van der Waals surface area contributed by atoms with Crippen molar-refractivity contribution in [2.24, 2.45) is 0 Å². The molecule has 2 aromatic carbocycles. The van der Waals surface area contributed by atoms with Crippen molar-refractivity contribution in [3.8, 4) is 0 Å². The zero-order valence-electron chi connectivity index (χ0n) is 9.66. The lowest BCUT2D eigenvalue weighted by atomic mass is 9.93. The summed E-state index contributed by atoms with van der Waals surface area (Å²) in [4.78, 5) is -0.370. The number of hydrogen-bond acceptors (Lipinski definition) is 0. The van der Waals surface area contributed by atoms with Crippen molar-refractivity contribution in [2.45, 2.75) is 18.2 Å². The molecule has 2 aromatic rings. The highest BCUT2D eigenvalue weighted by atomic mass is 79.9. The third-order valence-corrected chi connectivity index (χ3v) is 3.65. The molecule has 0 heterocycles. The van der Waals surface area contributed by atoms with E-state index in [1.165, 1.54) is 5.56 Å². The molecule has 0 fully saturated rings. The minimum absolute atomic E-state index is 0.370. The Balaban J connectivity index is 2.25. The summed E-state index contributed by atoms with van der Waals surface area (Å²) in [5.74, 6) is 0. The second kappa shape index (κ2) is 5.24. The maximum absolute atomic E-state index is 6.65. The summed E-state index contributed by atoms with van der Waals surface area (Å²) in [6.07, 6.45) is 0.825. The van der Waals surface area contributed by atoms with Gasteiger partial charge in [-0.1, -0.05) is 58.4 Å². The Kier molecular flexibility index (Phi) is 3.90. The van der Waals surface area contributed by atoms with Gasteiger partial charge in [0.05, 0.1) is 4.87 Å². The molecule has 0 bridgehead atoms. The first kappa shape index (κ1) is 12.7. The predicted octanol–water partition coefficient (Wildman–Crippen LogP) is 5.15. The molecule has 0 saturated heterocycles. The van der Waals surface area contributed by atoms with Crippen LogP contribution in [0.15, 0.2) is 59.1 Å². The van der Waals surface area contributed by atoms with Gasteiger partial charge in [-0.15, -0.1) is 11.6 Å². The van der Waals surface area contributed by atoms with Gasteiger partial charge in [-0.2, -0.15) is 0 Å². The van der Waals surface area contributed by atoms with Crippen molar-refractivity contribution in [1.29, 1.82) is 0 Å². The molecular formula is C15H14BrCl. The Morgan fingerprint density at radius 3 is 2.41 bits per heavy atom. The van der Waals surface area contributed by atoms with Gasteiger partial charge >= 0.3 is 0 Å². The van der Waals surface area contributed by atoms with Gasteiger partial charge in [-0.05, 0) is 36.6 Å². The lowest BCUT2D eigenvalue weighted by molar-refractivity contribution is 0.672. The Bertz CT molecular complexity index is 491. The molecule has 88 valence electrons. The average molecular weight is 310 g/mol. The first-order chi connectivity index (χ1) is 8.08. The summed E-state index contributed by atoms with van der Waals surface area (Å²) < 4.78 is 1.06. The Hall–Kier alpha value is -0.790. The fourth-order valence-electron chi connectivity index (χ4n) is 1.89. The summed E-state index contributed by atoms with van der Waals surface area (Å²) in [5.41, 5.74) is 2.39. The molecule has 0 saturated carbocycles. The standard InChI is InChI=1S/C15H14BrCl/c1-15(17,11-12-6-3-2-4-7-12)13-8-5-9-14(16)10-13/h2-10H,11H2,1H3/t15-/m1/s1. The second-order valence-electron chi connectivity index (χ2n) is 4.37. The SMILES string of the molecule is C[C@@](Cl)(Cc1ccccc1)c1cccc(Br)c1. The number of rotatable bonds is 3. The summed E-state index contributed by atoms with van der Waals surface area (Å²) in [5, 5.41) is 0. The summed E-state index contributed by atoms with van der Waals surface area (Å²) in [7, 11) is 0. The molecule has 0 aromatic heterocycles. The van der Waals surface area contributed by atoms with Crippen LogP contribution >= 0.6 is 27.5 Å². The van der Waals surface area contributed by atoms with E-state index in [0.717, 1.165) is 16.5 Å². The van der Waals surface area contributed by atoms with Crippen LogP contribution in [0.5, 0.6) is 0 Å². The fraction of sp³-hybridized carbons (Fsp3) is 0.200. The van der Waals surface area contributed by atoms with Crippen molar-refractivity contribution >= 4 is 27.5 Å². The third kappa shape index (κ3) is 3.34. The quantitative estimate of drug-likeness (QED) is 0.688. The molecule has 0 amide bonds. The topological polar surface area (TPSA) is 0 Å². The molecule has 2 heteroatoms. The maximum Gasteiger partial charge on any atom is 0.0707 e. The van der Waals surface area contributed by atoms with Gasteiger partial charge in [0.2, 0.25) is 0 Å². The van der Waals surface area contributed by atoms with Crippen molar-refractivity contribution in [3.63, 3.8) is 0 Å². The van der Waals surface area contributed by atoms with E-state index in [2.05, 4.69) is 47.1 Å². The van der Waals surface area contributed by atoms with Crippen molar-refractivity contribution in [1.82, 2.24) is 0 Å². The summed E-state index contributed by atoms with van der Waals surface area (Å²) in [6.45, 7) is 2.06.